The average molecular weight is 398 g/mol. The van der Waals surface area contributed by atoms with Gasteiger partial charge < -0.3 is 15.0 Å². The van der Waals surface area contributed by atoms with Crippen LogP contribution in [-0.2, 0) is 4.74 Å². The summed E-state index contributed by atoms with van der Waals surface area (Å²) < 4.78 is 6.53. The third-order valence-electron chi connectivity index (χ3n) is 5.27. The number of fused-ring (bicyclic) bond motifs is 1. The zero-order valence-corrected chi connectivity index (χ0v) is 17.7. The van der Waals surface area contributed by atoms with Gasteiger partial charge in [-0.05, 0) is 44.2 Å². The molecule has 1 N–H and O–H groups in total. The van der Waals surface area contributed by atoms with Crippen molar-refractivity contribution in [2.75, 3.05) is 38.0 Å². The van der Waals surface area contributed by atoms with Crippen molar-refractivity contribution in [1.29, 1.82) is 0 Å². The SMILES string of the molecule is COCC1CCC(Nc2nc(N(C)C)nc(C)c2-c2nc3ccccc3s2)C1. The molecule has 1 aliphatic carbocycles. The summed E-state index contributed by atoms with van der Waals surface area (Å²) in [5, 5.41) is 4.68. The van der Waals surface area contributed by atoms with Crippen molar-refractivity contribution < 1.29 is 4.74 Å². The summed E-state index contributed by atoms with van der Waals surface area (Å²) in [5.41, 5.74) is 2.99. The Kier molecular flexibility index (Phi) is 5.46. The summed E-state index contributed by atoms with van der Waals surface area (Å²) in [5.74, 6) is 2.22. The van der Waals surface area contributed by atoms with Crippen molar-refractivity contribution in [3.8, 4) is 10.6 Å². The van der Waals surface area contributed by atoms with Crippen LogP contribution in [0.15, 0.2) is 24.3 Å². The molecule has 4 rings (SSSR count). The molecule has 2 atom stereocenters. The van der Waals surface area contributed by atoms with Crippen LogP contribution in [-0.4, -0.2) is 48.8 Å². The number of anilines is 2. The summed E-state index contributed by atoms with van der Waals surface area (Å²) in [4.78, 5) is 16.4. The summed E-state index contributed by atoms with van der Waals surface area (Å²) in [6.45, 7) is 2.87. The fraction of sp³-hybridized carbons (Fsp3) is 0.476. The second kappa shape index (κ2) is 8.01. The van der Waals surface area contributed by atoms with Crippen molar-refractivity contribution in [2.45, 2.75) is 32.2 Å². The number of thiazole rings is 1. The van der Waals surface area contributed by atoms with Crippen LogP contribution in [0.2, 0.25) is 0 Å². The van der Waals surface area contributed by atoms with Gasteiger partial charge in [0.1, 0.15) is 10.8 Å². The smallest absolute Gasteiger partial charge is 0.227 e. The Morgan fingerprint density at radius 3 is 2.75 bits per heavy atom. The highest BCUT2D eigenvalue weighted by molar-refractivity contribution is 7.21. The molecule has 0 spiro atoms. The summed E-state index contributed by atoms with van der Waals surface area (Å²) in [6.07, 6.45) is 3.42. The van der Waals surface area contributed by atoms with Gasteiger partial charge >= 0.3 is 0 Å². The molecule has 7 heteroatoms. The fourth-order valence-corrected chi connectivity index (χ4v) is 4.95. The first-order chi connectivity index (χ1) is 13.5. The van der Waals surface area contributed by atoms with Gasteiger partial charge in [0, 0.05) is 33.9 Å². The van der Waals surface area contributed by atoms with Crippen LogP contribution >= 0.6 is 11.3 Å². The fourth-order valence-electron chi connectivity index (χ4n) is 3.88. The van der Waals surface area contributed by atoms with Crippen molar-refractivity contribution in [2.24, 2.45) is 5.92 Å². The van der Waals surface area contributed by atoms with Gasteiger partial charge in [-0.3, -0.25) is 0 Å². The van der Waals surface area contributed by atoms with Crippen LogP contribution < -0.4 is 10.2 Å². The Morgan fingerprint density at radius 2 is 2.00 bits per heavy atom. The molecule has 3 aromatic rings. The first-order valence-corrected chi connectivity index (χ1v) is 10.5. The molecule has 0 aliphatic heterocycles. The van der Waals surface area contributed by atoms with E-state index in [-0.39, 0.29) is 0 Å². The number of benzene rings is 1. The van der Waals surface area contributed by atoms with E-state index in [1.165, 1.54) is 11.1 Å². The average Bonchev–Trinajstić information content (AvgIpc) is 3.28. The maximum Gasteiger partial charge on any atom is 0.227 e. The first kappa shape index (κ1) is 19.1. The second-order valence-corrected chi connectivity index (χ2v) is 8.72. The van der Waals surface area contributed by atoms with Crippen LogP contribution in [0.25, 0.3) is 20.8 Å². The standard InChI is InChI=1S/C21H27N5OS/c1-13-18(20-24-16-7-5-6-8-17(16)28-20)19(25-21(22-13)26(2)3)23-15-10-9-14(11-15)12-27-4/h5-8,14-15H,9-12H2,1-4H3,(H,22,23,25). The molecule has 148 valence electrons. The summed E-state index contributed by atoms with van der Waals surface area (Å²) >= 11 is 1.69. The Labute approximate surface area is 170 Å². The van der Waals surface area contributed by atoms with E-state index in [4.69, 9.17) is 19.7 Å². The predicted molar refractivity (Wildman–Crippen MR) is 116 cm³/mol. The van der Waals surface area contributed by atoms with Gasteiger partial charge in [0.25, 0.3) is 0 Å². The van der Waals surface area contributed by atoms with Crippen molar-refractivity contribution >= 4 is 33.3 Å². The number of ether oxygens (including phenoxy) is 1. The highest BCUT2D eigenvalue weighted by atomic mass is 32.1. The lowest BCUT2D eigenvalue weighted by Gasteiger charge is -2.20. The second-order valence-electron chi connectivity index (χ2n) is 7.69. The summed E-state index contributed by atoms with van der Waals surface area (Å²) in [7, 11) is 5.73. The molecule has 0 saturated heterocycles. The highest BCUT2D eigenvalue weighted by Gasteiger charge is 2.27. The lowest BCUT2D eigenvalue weighted by Crippen LogP contribution is -2.21. The molecule has 28 heavy (non-hydrogen) atoms. The maximum absolute atomic E-state index is 5.35. The van der Waals surface area contributed by atoms with Gasteiger partial charge in [-0.15, -0.1) is 11.3 Å². The van der Waals surface area contributed by atoms with E-state index < -0.39 is 0 Å². The van der Waals surface area contributed by atoms with Gasteiger partial charge in [-0.25, -0.2) is 9.97 Å². The van der Waals surface area contributed by atoms with E-state index in [0.717, 1.165) is 53.0 Å². The van der Waals surface area contributed by atoms with Crippen molar-refractivity contribution in [1.82, 2.24) is 15.0 Å². The first-order valence-electron chi connectivity index (χ1n) is 9.72. The van der Waals surface area contributed by atoms with E-state index in [0.29, 0.717) is 12.0 Å². The topological polar surface area (TPSA) is 63.2 Å². The molecule has 2 heterocycles. The predicted octanol–water partition coefficient (Wildman–Crippen LogP) is 4.35. The maximum atomic E-state index is 5.35. The van der Waals surface area contributed by atoms with E-state index in [9.17, 15) is 0 Å². The number of rotatable bonds is 6. The molecule has 1 saturated carbocycles. The number of aromatic nitrogens is 3. The minimum atomic E-state index is 0.401. The molecular formula is C21H27N5OS. The van der Waals surface area contributed by atoms with Gasteiger partial charge in [0.15, 0.2) is 0 Å². The normalized spacial score (nSPS) is 19.3. The molecule has 0 radical (unpaired) electrons. The van der Waals surface area contributed by atoms with Crippen LogP contribution in [0.5, 0.6) is 0 Å². The van der Waals surface area contributed by atoms with Crippen molar-refractivity contribution in [3.05, 3.63) is 30.0 Å². The molecule has 2 unspecified atom stereocenters. The van der Waals surface area contributed by atoms with Crippen molar-refractivity contribution in [3.63, 3.8) is 0 Å². The lowest BCUT2D eigenvalue weighted by atomic mass is 10.1. The monoisotopic (exact) mass is 397 g/mol. The Bertz CT molecular complexity index is 938. The molecule has 1 aliphatic rings. The lowest BCUT2D eigenvalue weighted by molar-refractivity contribution is 0.154. The summed E-state index contributed by atoms with van der Waals surface area (Å²) in [6, 6.07) is 8.64. The molecule has 1 aromatic carbocycles. The zero-order chi connectivity index (χ0) is 19.7. The van der Waals surface area contributed by atoms with E-state index in [2.05, 4.69) is 23.5 Å². The molecule has 0 amide bonds. The Morgan fingerprint density at radius 1 is 1.18 bits per heavy atom. The van der Waals surface area contributed by atoms with E-state index in [1.807, 2.05) is 32.0 Å². The number of nitrogens with one attached hydrogen (secondary N) is 1. The number of hydrogen-bond acceptors (Lipinski definition) is 7. The number of aryl methyl sites for hydroxylation is 1. The number of para-hydroxylation sites is 1. The van der Waals surface area contributed by atoms with E-state index in [1.54, 1.807) is 18.4 Å². The Hall–Kier alpha value is -2.25. The zero-order valence-electron chi connectivity index (χ0n) is 16.9. The van der Waals surface area contributed by atoms with Crippen LogP contribution in [0, 0.1) is 12.8 Å². The third kappa shape index (κ3) is 3.82. The largest absolute Gasteiger partial charge is 0.384 e. The number of nitrogens with zero attached hydrogens (tertiary/aromatic N) is 4. The number of methoxy groups -OCH3 is 1. The molecule has 6 nitrogen and oxygen atoms in total. The van der Waals surface area contributed by atoms with Crippen LogP contribution in [0.1, 0.15) is 25.0 Å². The van der Waals surface area contributed by atoms with Gasteiger partial charge in [0.05, 0.1) is 21.5 Å². The molecule has 2 aromatic heterocycles. The van der Waals surface area contributed by atoms with E-state index >= 15 is 0 Å². The Balaban J connectivity index is 1.72. The number of hydrogen-bond donors (Lipinski definition) is 1. The van der Waals surface area contributed by atoms with Gasteiger partial charge in [0.2, 0.25) is 5.95 Å². The third-order valence-corrected chi connectivity index (χ3v) is 6.32. The molecule has 1 fully saturated rings. The molecule has 0 bridgehead atoms. The van der Waals surface area contributed by atoms with Crippen LogP contribution in [0.4, 0.5) is 11.8 Å². The van der Waals surface area contributed by atoms with Gasteiger partial charge in [-0.1, -0.05) is 12.1 Å². The molecular weight excluding hydrogens is 370 g/mol. The minimum Gasteiger partial charge on any atom is -0.384 e. The van der Waals surface area contributed by atoms with Crippen LogP contribution in [0.3, 0.4) is 0 Å². The van der Waals surface area contributed by atoms with Gasteiger partial charge in [-0.2, -0.15) is 4.98 Å². The minimum absolute atomic E-state index is 0.401. The quantitative estimate of drug-likeness (QED) is 0.667. The highest BCUT2D eigenvalue weighted by Crippen LogP contribution is 2.38.